The fourth-order valence-corrected chi connectivity index (χ4v) is 5.34. The standard InChI is InChI=1S/C18H24N2O6S/c1-4-25-17(21)11-20-15-6-5-14(8-16(15)26-18(20)22)27(23,24)19-9-12(2)7-13(3)10-19/h5-6,8,12-13H,4,7,9-11H2,1-3H3/t12-,13-/m1/s1. The van der Waals surface area contributed by atoms with Gasteiger partial charge in [0.05, 0.1) is 17.0 Å². The van der Waals surface area contributed by atoms with Crippen LogP contribution in [0.5, 0.6) is 0 Å². The highest BCUT2D eigenvalue weighted by Gasteiger charge is 2.32. The van der Waals surface area contributed by atoms with Gasteiger partial charge in [-0.1, -0.05) is 13.8 Å². The van der Waals surface area contributed by atoms with E-state index in [1.165, 1.54) is 22.5 Å². The first-order chi connectivity index (χ1) is 12.7. The summed E-state index contributed by atoms with van der Waals surface area (Å²) in [5.74, 6) is -0.713. The Morgan fingerprint density at radius 1 is 1.26 bits per heavy atom. The second-order valence-electron chi connectivity index (χ2n) is 7.16. The van der Waals surface area contributed by atoms with E-state index in [9.17, 15) is 18.0 Å². The number of fused-ring (bicyclic) bond motifs is 1. The number of hydrogen-bond acceptors (Lipinski definition) is 6. The monoisotopic (exact) mass is 396 g/mol. The molecule has 2 aromatic rings. The Balaban J connectivity index is 1.95. The SMILES string of the molecule is CCOC(=O)Cn1c(=O)oc2cc(S(=O)(=O)N3C[C@H](C)C[C@@H](C)C3)ccc21. The van der Waals surface area contributed by atoms with Crippen LogP contribution in [-0.4, -0.2) is 43.0 Å². The van der Waals surface area contributed by atoms with Crippen molar-refractivity contribution in [2.24, 2.45) is 11.8 Å². The molecule has 1 aromatic heterocycles. The molecule has 3 rings (SSSR count). The highest BCUT2D eigenvalue weighted by molar-refractivity contribution is 7.89. The number of aromatic nitrogens is 1. The van der Waals surface area contributed by atoms with E-state index in [1.54, 1.807) is 6.92 Å². The van der Waals surface area contributed by atoms with Crippen molar-refractivity contribution < 1.29 is 22.4 Å². The first-order valence-electron chi connectivity index (χ1n) is 9.01. The van der Waals surface area contributed by atoms with Gasteiger partial charge in [0.15, 0.2) is 5.58 Å². The summed E-state index contributed by atoms with van der Waals surface area (Å²) in [5, 5.41) is 0. The maximum atomic E-state index is 13.0. The summed E-state index contributed by atoms with van der Waals surface area (Å²) in [6, 6.07) is 4.28. The fourth-order valence-electron chi connectivity index (χ4n) is 3.64. The number of sulfonamides is 1. The third-order valence-electron chi connectivity index (χ3n) is 4.71. The summed E-state index contributed by atoms with van der Waals surface area (Å²) >= 11 is 0. The minimum atomic E-state index is -3.68. The van der Waals surface area contributed by atoms with Crippen LogP contribution in [0.15, 0.2) is 32.3 Å². The van der Waals surface area contributed by atoms with E-state index in [0.29, 0.717) is 18.6 Å². The van der Waals surface area contributed by atoms with Gasteiger partial charge in [-0.3, -0.25) is 9.36 Å². The number of rotatable bonds is 5. The summed E-state index contributed by atoms with van der Waals surface area (Å²) < 4.78 is 38.6. The third kappa shape index (κ3) is 3.93. The van der Waals surface area contributed by atoms with E-state index in [2.05, 4.69) is 0 Å². The average Bonchev–Trinajstić information content (AvgIpc) is 2.89. The Morgan fingerprint density at radius 3 is 2.56 bits per heavy atom. The molecule has 2 atom stereocenters. The van der Waals surface area contributed by atoms with Gasteiger partial charge in [-0.15, -0.1) is 0 Å². The van der Waals surface area contributed by atoms with Crippen molar-refractivity contribution in [2.75, 3.05) is 19.7 Å². The normalized spacial score (nSPS) is 21.4. The molecule has 0 N–H and O–H groups in total. The lowest BCUT2D eigenvalue weighted by atomic mass is 9.94. The Kier molecular flexibility index (Phi) is 5.43. The Hall–Kier alpha value is -2.13. The number of ether oxygens (including phenoxy) is 1. The molecule has 0 radical (unpaired) electrons. The smallest absolute Gasteiger partial charge is 0.420 e. The van der Waals surface area contributed by atoms with Gasteiger partial charge < -0.3 is 9.15 Å². The lowest BCUT2D eigenvalue weighted by molar-refractivity contribution is -0.143. The van der Waals surface area contributed by atoms with E-state index < -0.39 is 21.7 Å². The zero-order chi connectivity index (χ0) is 19.8. The van der Waals surface area contributed by atoms with Crippen molar-refractivity contribution >= 4 is 27.1 Å². The molecule has 0 unspecified atom stereocenters. The van der Waals surface area contributed by atoms with Crippen LogP contribution in [0.4, 0.5) is 0 Å². The zero-order valence-electron chi connectivity index (χ0n) is 15.7. The van der Waals surface area contributed by atoms with Crippen LogP contribution in [-0.2, 0) is 26.1 Å². The molecule has 1 aromatic carbocycles. The number of carbonyl (C=O) groups excluding carboxylic acids is 1. The van der Waals surface area contributed by atoms with Gasteiger partial charge in [0.25, 0.3) is 0 Å². The largest absolute Gasteiger partial charge is 0.465 e. The lowest BCUT2D eigenvalue weighted by Gasteiger charge is -2.34. The van der Waals surface area contributed by atoms with Crippen molar-refractivity contribution in [1.82, 2.24) is 8.87 Å². The minimum Gasteiger partial charge on any atom is -0.465 e. The highest BCUT2D eigenvalue weighted by Crippen LogP contribution is 2.28. The minimum absolute atomic E-state index is 0.0772. The van der Waals surface area contributed by atoms with E-state index in [-0.39, 0.29) is 35.5 Å². The first kappa shape index (κ1) is 19.6. The second-order valence-corrected chi connectivity index (χ2v) is 9.09. The van der Waals surface area contributed by atoms with Crippen molar-refractivity contribution in [3.05, 3.63) is 28.7 Å². The van der Waals surface area contributed by atoms with Crippen molar-refractivity contribution in [3.8, 4) is 0 Å². The molecule has 1 aliphatic heterocycles. The van der Waals surface area contributed by atoms with E-state index in [1.807, 2.05) is 13.8 Å². The van der Waals surface area contributed by atoms with Gasteiger partial charge in [0, 0.05) is 19.2 Å². The number of piperidine rings is 1. The Morgan fingerprint density at radius 2 is 1.93 bits per heavy atom. The molecule has 0 spiro atoms. The van der Waals surface area contributed by atoms with Crippen LogP contribution >= 0.6 is 0 Å². The van der Waals surface area contributed by atoms with E-state index in [0.717, 1.165) is 11.0 Å². The average molecular weight is 396 g/mol. The lowest BCUT2D eigenvalue weighted by Crippen LogP contribution is -2.42. The van der Waals surface area contributed by atoms with Gasteiger partial charge in [0.1, 0.15) is 6.54 Å². The molecule has 148 valence electrons. The molecule has 0 amide bonds. The number of oxazole rings is 1. The summed E-state index contributed by atoms with van der Waals surface area (Å²) in [6.45, 7) is 6.61. The van der Waals surface area contributed by atoms with Gasteiger partial charge >= 0.3 is 11.7 Å². The number of carbonyl (C=O) groups is 1. The summed E-state index contributed by atoms with van der Waals surface area (Å²) in [4.78, 5) is 23.8. The van der Waals surface area contributed by atoms with Gasteiger partial charge in [-0.05, 0) is 37.3 Å². The third-order valence-corrected chi connectivity index (χ3v) is 6.53. The van der Waals surface area contributed by atoms with Crippen LogP contribution in [0.1, 0.15) is 27.2 Å². The molecule has 0 saturated carbocycles. The molecule has 8 nitrogen and oxygen atoms in total. The Bertz CT molecular complexity index is 997. The fraction of sp³-hybridized carbons (Fsp3) is 0.556. The summed E-state index contributed by atoms with van der Waals surface area (Å²) in [5.41, 5.74) is 0.482. The van der Waals surface area contributed by atoms with E-state index >= 15 is 0 Å². The molecule has 9 heteroatoms. The predicted molar refractivity (Wildman–Crippen MR) is 98.8 cm³/mol. The van der Waals surface area contributed by atoms with Crippen LogP contribution in [0.25, 0.3) is 11.1 Å². The zero-order valence-corrected chi connectivity index (χ0v) is 16.5. The number of nitrogens with zero attached hydrogens (tertiary/aromatic N) is 2. The Labute approximate surface area is 157 Å². The molecule has 1 aliphatic rings. The number of hydrogen-bond donors (Lipinski definition) is 0. The quantitative estimate of drug-likeness (QED) is 0.715. The maximum absolute atomic E-state index is 13.0. The molecular weight excluding hydrogens is 372 g/mol. The van der Waals surface area contributed by atoms with Gasteiger partial charge in [0.2, 0.25) is 10.0 Å². The van der Waals surface area contributed by atoms with Crippen LogP contribution in [0, 0.1) is 11.8 Å². The van der Waals surface area contributed by atoms with Gasteiger partial charge in [-0.25, -0.2) is 13.2 Å². The summed E-state index contributed by atoms with van der Waals surface area (Å²) in [7, 11) is -3.68. The number of benzene rings is 1. The molecule has 1 saturated heterocycles. The van der Waals surface area contributed by atoms with Crippen molar-refractivity contribution in [1.29, 1.82) is 0 Å². The van der Waals surface area contributed by atoms with Crippen LogP contribution in [0.2, 0.25) is 0 Å². The predicted octanol–water partition coefficient (Wildman–Crippen LogP) is 1.82. The molecule has 1 fully saturated rings. The highest BCUT2D eigenvalue weighted by atomic mass is 32.2. The molecule has 0 aliphatic carbocycles. The van der Waals surface area contributed by atoms with Gasteiger partial charge in [-0.2, -0.15) is 4.31 Å². The topological polar surface area (TPSA) is 98.8 Å². The molecule has 27 heavy (non-hydrogen) atoms. The first-order valence-corrected chi connectivity index (χ1v) is 10.5. The molecule has 2 heterocycles. The molecule has 0 bridgehead atoms. The van der Waals surface area contributed by atoms with E-state index in [4.69, 9.17) is 9.15 Å². The van der Waals surface area contributed by atoms with Crippen LogP contribution in [0.3, 0.4) is 0 Å². The second kappa shape index (κ2) is 7.47. The van der Waals surface area contributed by atoms with Crippen molar-refractivity contribution in [2.45, 2.75) is 38.6 Å². The number of esters is 1. The van der Waals surface area contributed by atoms with Crippen molar-refractivity contribution in [3.63, 3.8) is 0 Å². The van der Waals surface area contributed by atoms with Crippen LogP contribution < -0.4 is 5.76 Å². The maximum Gasteiger partial charge on any atom is 0.420 e. The summed E-state index contributed by atoms with van der Waals surface area (Å²) in [6.07, 6.45) is 0.997. The molecular formula is C18H24N2O6S.